The van der Waals surface area contributed by atoms with Gasteiger partial charge in [0.25, 0.3) is 5.91 Å². The van der Waals surface area contributed by atoms with Crippen LogP contribution in [0.2, 0.25) is 0 Å². The van der Waals surface area contributed by atoms with Crippen molar-refractivity contribution < 1.29 is 19.0 Å². The zero-order valence-corrected chi connectivity index (χ0v) is 18.4. The van der Waals surface area contributed by atoms with Gasteiger partial charge in [0, 0.05) is 16.8 Å². The molecule has 0 atom stereocenters. The van der Waals surface area contributed by atoms with E-state index < -0.39 is 0 Å². The fourth-order valence-electron chi connectivity index (χ4n) is 3.24. The maximum absolute atomic E-state index is 12.9. The van der Waals surface area contributed by atoms with Crippen molar-refractivity contribution in [3.8, 4) is 23.0 Å². The van der Waals surface area contributed by atoms with Gasteiger partial charge in [0.1, 0.15) is 29.6 Å². The van der Waals surface area contributed by atoms with Crippen molar-refractivity contribution in [2.45, 2.75) is 13.5 Å². The number of para-hydroxylation sites is 2. The van der Waals surface area contributed by atoms with Crippen molar-refractivity contribution in [2.24, 2.45) is 0 Å². The molecule has 4 aromatic rings. The number of carbonyl (C=O) groups is 1. The monoisotopic (exact) mass is 439 g/mol. The van der Waals surface area contributed by atoms with Gasteiger partial charge in [-0.1, -0.05) is 36.4 Å². The number of anilines is 1. The maximum Gasteiger partial charge on any atom is 0.255 e. The van der Waals surface area contributed by atoms with Crippen molar-refractivity contribution >= 4 is 11.6 Å². The lowest BCUT2D eigenvalue weighted by molar-refractivity contribution is 0.102. The second-order valence-electron chi connectivity index (χ2n) is 7.25. The highest BCUT2D eigenvalue weighted by atomic mass is 16.5. The van der Waals surface area contributed by atoms with E-state index in [1.54, 1.807) is 18.2 Å². The van der Waals surface area contributed by atoms with E-state index in [1.165, 1.54) is 0 Å². The minimum atomic E-state index is -0.212. The van der Waals surface area contributed by atoms with Crippen LogP contribution in [-0.4, -0.2) is 12.5 Å². The van der Waals surface area contributed by atoms with Crippen LogP contribution < -0.4 is 19.5 Å². The average Bonchev–Trinajstić information content (AvgIpc) is 2.86. The second-order valence-corrected chi connectivity index (χ2v) is 7.25. The lowest BCUT2D eigenvalue weighted by Gasteiger charge is -2.14. The largest absolute Gasteiger partial charge is 0.493 e. The third-order valence-corrected chi connectivity index (χ3v) is 4.85. The molecule has 0 aliphatic rings. The molecule has 1 N–H and O–H groups in total. The molecule has 0 spiro atoms. The highest BCUT2D eigenvalue weighted by Gasteiger charge is 2.12. The van der Waals surface area contributed by atoms with Gasteiger partial charge in [0.05, 0.1) is 6.61 Å². The Hall–Kier alpha value is -4.25. The van der Waals surface area contributed by atoms with Gasteiger partial charge >= 0.3 is 0 Å². The first-order valence-corrected chi connectivity index (χ1v) is 10.8. The SMILES string of the molecule is CCOc1ccc(C(=O)Nc2ccc(Oc3ccccc3)cc2)cc1COc1ccccc1. The molecule has 5 nitrogen and oxygen atoms in total. The van der Waals surface area contributed by atoms with E-state index in [9.17, 15) is 4.79 Å². The van der Waals surface area contributed by atoms with Gasteiger partial charge in [-0.05, 0) is 73.7 Å². The molecule has 0 radical (unpaired) electrons. The standard InChI is InChI=1S/C28H25NO4/c1-2-31-27-18-13-21(19-22(27)20-32-24-9-5-3-6-10-24)28(30)29-23-14-16-26(17-15-23)33-25-11-7-4-8-12-25/h3-19H,2,20H2,1H3,(H,29,30). The fraction of sp³-hybridized carbons (Fsp3) is 0.107. The predicted molar refractivity (Wildman–Crippen MR) is 129 cm³/mol. The number of carbonyl (C=O) groups excluding carboxylic acids is 1. The third-order valence-electron chi connectivity index (χ3n) is 4.85. The van der Waals surface area contributed by atoms with Crippen LogP contribution in [0.5, 0.6) is 23.0 Å². The Kier molecular flexibility index (Phi) is 7.23. The van der Waals surface area contributed by atoms with Crippen LogP contribution in [0, 0.1) is 0 Å². The summed E-state index contributed by atoms with van der Waals surface area (Å²) in [4.78, 5) is 12.9. The molecule has 0 saturated carbocycles. The van der Waals surface area contributed by atoms with Crippen molar-refractivity contribution in [3.05, 3.63) is 114 Å². The Morgan fingerprint density at radius 1 is 0.727 bits per heavy atom. The van der Waals surface area contributed by atoms with Crippen LogP contribution in [0.3, 0.4) is 0 Å². The summed E-state index contributed by atoms with van der Waals surface area (Å²) in [5, 5.41) is 2.93. The molecule has 33 heavy (non-hydrogen) atoms. The van der Waals surface area contributed by atoms with Gasteiger partial charge in [-0.3, -0.25) is 4.79 Å². The van der Waals surface area contributed by atoms with Gasteiger partial charge in [-0.25, -0.2) is 0 Å². The summed E-state index contributed by atoms with van der Waals surface area (Å²) < 4.78 is 17.4. The van der Waals surface area contributed by atoms with E-state index in [4.69, 9.17) is 14.2 Å². The molecule has 0 aliphatic carbocycles. The molecule has 4 aromatic carbocycles. The molecule has 0 heterocycles. The van der Waals surface area contributed by atoms with Crippen LogP contribution in [0.15, 0.2) is 103 Å². The van der Waals surface area contributed by atoms with Crippen molar-refractivity contribution in [2.75, 3.05) is 11.9 Å². The summed E-state index contributed by atoms with van der Waals surface area (Å²) in [6.45, 7) is 2.75. The van der Waals surface area contributed by atoms with E-state index >= 15 is 0 Å². The van der Waals surface area contributed by atoms with Crippen LogP contribution in [0.4, 0.5) is 5.69 Å². The molecule has 1 amide bonds. The lowest BCUT2D eigenvalue weighted by Crippen LogP contribution is -2.13. The third kappa shape index (κ3) is 6.14. The Labute approximate surface area is 193 Å². The fourth-order valence-corrected chi connectivity index (χ4v) is 3.24. The van der Waals surface area contributed by atoms with Crippen molar-refractivity contribution in [1.82, 2.24) is 0 Å². The van der Waals surface area contributed by atoms with E-state index in [1.807, 2.05) is 91.9 Å². The first-order chi connectivity index (χ1) is 16.2. The lowest BCUT2D eigenvalue weighted by atomic mass is 10.1. The molecule has 0 aliphatic heterocycles. The summed E-state index contributed by atoms with van der Waals surface area (Å²) in [6.07, 6.45) is 0. The zero-order chi connectivity index (χ0) is 22.9. The molecule has 0 unspecified atom stereocenters. The first-order valence-electron chi connectivity index (χ1n) is 10.8. The molecule has 166 valence electrons. The van der Waals surface area contributed by atoms with Crippen molar-refractivity contribution in [3.63, 3.8) is 0 Å². The number of benzene rings is 4. The molecule has 4 rings (SSSR count). The summed E-state index contributed by atoms with van der Waals surface area (Å²) in [5.74, 6) is 2.70. The number of rotatable bonds is 9. The predicted octanol–water partition coefficient (Wildman–Crippen LogP) is 6.71. The normalized spacial score (nSPS) is 10.3. The Morgan fingerprint density at radius 2 is 1.36 bits per heavy atom. The zero-order valence-electron chi connectivity index (χ0n) is 18.4. The molecule has 5 heteroatoms. The molecule has 0 bridgehead atoms. The van der Waals surface area contributed by atoms with E-state index in [0.29, 0.717) is 36.0 Å². The Balaban J connectivity index is 1.43. The Bertz CT molecular complexity index is 1180. The van der Waals surface area contributed by atoms with Crippen LogP contribution in [0.25, 0.3) is 0 Å². The van der Waals surface area contributed by atoms with E-state index in [-0.39, 0.29) is 5.91 Å². The van der Waals surface area contributed by atoms with Crippen LogP contribution >= 0.6 is 0 Å². The summed E-state index contributed by atoms with van der Waals surface area (Å²) >= 11 is 0. The van der Waals surface area contributed by atoms with Gasteiger partial charge < -0.3 is 19.5 Å². The molecular weight excluding hydrogens is 414 g/mol. The molecule has 0 aromatic heterocycles. The number of hydrogen-bond donors (Lipinski definition) is 1. The quantitative estimate of drug-likeness (QED) is 0.315. The summed E-state index contributed by atoms with van der Waals surface area (Å²) in [7, 11) is 0. The summed E-state index contributed by atoms with van der Waals surface area (Å²) in [5.41, 5.74) is 2.01. The Morgan fingerprint density at radius 3 is 2.03 bits per heavy atom. The smallest absolute Gasteiger partial charge is 0.255 e. The second kappa shape index (κ2) is 10.9. The van der Waals surface area contributed by atoms with E-state index in [0.717, 1.165) is 17.1 Å². The minimum Gasteiger partial charge on any atom is -0.493 e. The van der Waals surface area contributed by atoms with Crippen LogP contribution in [0.1, 0.15) is 22.8 Å². The van der Waals surface area contributed by atoms with Gasteiger partial charge in [-0.15, -0.1) is 0 Å². The summed E-state index contributed by atoms with van der Waals surface area (Å²) in [6, 6.07) is 31.7. The topological polar surface area (TPSA) is 56.8 Å². The number of ether oxygens (including phenoxy) is 3. The minimum absolute atomic E-state index is 0.212. The van der Waals surface area contributed by atoms with Gasteiger partial charge in [-0.2, -0.15) is 0 Å². The maximum atomic E-state index is 12.9. The van der Waals surface area contributed by atoms with Gasteiger partial charge in [0.15, 0.2) is 0 Å². The molecule has 0 saturated heterocycles. The van der Waals surface area contributed by atoms with Crippen molar-refractivity contribution in [1.29, 1.82) is 0 Å². The van der Waals surface area contributed by atoms with Gasteiger partial charge in [0.2, 0.25) is 0 Å². The number of amides is 1. The highest BCUT2D eigenvalue weighted by molar-refractivity contribution is 6.04. The first kappa shape index (κ1) is 22.0. The van der Waals surface area contributed by atoms with E-state index in [2.05, 4.69) is 5.32 Å². The number of nitrogens with one attached hydrogen (secondary N) is 1. The van der Waals surface area contributed by atoms with Crippen LogP contribution in [-0.2, 0) is 6.61 Å². The number of hydrogen-bond acceptors (Lipinski definition) is 4. The highest BCUT2D eigenvalue weighted by Crippen LogP contribution is 2.25. The average molecular weight is 440 g/mol. The molecule has 0 fully saturated rings. The molecular formula is C28H25NO4.